The average molecular weight is 194 g/mol. The van der Waals surface area contributed by atoms with E-state index in [4.69, 9.17) is 5.11 Å². The number of aromatic nitrogens is 1. The maximum absolute atomic E-state index is 11.3. The van der Waals surface area contributed by atoms with Gasteiger partial charge in [0.2, 0.25) is 5.91 Å². The second-order valence-corrected chi connectivity index (χ2v) is 3.15. The molecule has 0 aromatic carbocycles. The van der Waals surface area contributed by atoms with Gasteiger partial charge in [0.15, 0.2) is 0 Å². The van der Waals surface area contributed by atoms with E-state index in [0.29, 0.717) is 0 Å². The van der Waals surface area contributed by atoms with Gasteiger partial charge in [-0.3, -0.25) is 9.78 Å². The maximum Gasteiger partial charge on any atom is 0.226 e. The van der Waals surface area contributed by atoms with Crippen molar-refractivity contribution in [3.63, 3.8) is 0 Å². The molecule has 1 aromatic rings. The summed E-state index contributed by atoms with van der Waals surface area (Å²) in [5.74, 6) is -0.121. The Bertz CT molecular complexity index is 285. The van der Waals surface area contributed by atoms with E-state index in [2.05, 4.69) is 10.3 Å². The number of nitrogens with one attached hydrogen (secondary N) is 1. The molecule has 1 heterocycles. The van der Waals surface area contributed by atoms with E-state index in [1.165, 1.54) is 0 Å². The van der Waals surface area contributed by atoms with Crippen molar-refractivity contribution in [2.75, 3.05) is 6.54 Å². The summed E-state index contributed by atoms with van der Waals surface area (Å²) in [6.45, 7) is 1.91. The van der Waals surface area contributed by atoms with Crippen molar-refractivity contribution in [1.82, 2.24) is 10.3 Å². The molecule has 0 aliphatic carbocycles. The molecule has 1 aromatic heterocycles. The van der Waals surface area contributed by atoms with Gasteiger partial charge < -0.3 is 10.4 Å². The number of amides is 1. The summed E-state index contributed by atoms with van der Waals surface area (Å²) in [4.78, 5) is 15.3. The van der Waals surface area contributed by atoms with Crippen LogP contribution >= 0.6 is 0 Å². The molecule has 0 fully saturated rings. The molecule has 0 saturated carbocycles. The van der Waals surface area contributed by atoms with Gasteiger partial charge in [-0.25, -0.2) is 0 Å². The van der Waals surface area contributed by atoms with Crippen LogP contribution in [0.15, 0.2) is 24.4 Å². The molecule has 76 valence electrons. The highest BCUT2D eigenvalue weighted by molar-refractivity contribution is 5.78. The quantitative estimate of drug-likeness (QED) is 0.715. The Kier molecular flexibility index (Phi) is 4.07. The van der Waals surface area contributed by atoms with Gasteiger partial charge in [-0.05, 0) is 19.1 Å². The minimum atomic E-state index is -0.511. The summed E-state index contributed by atoms with van der Waals surface area (Å²) in [5, 5.41) is 11.5. The minimum Gasteiger partial charge on any atom is -0.392 e. The van der Waals surface area contributed by atoms with Gasteiger partial charge in [-0.1, -0.05) is 6.07 Å². The largest absolute Gasteiger partial charge is 0.392 e. The first kappa shape index (κ1) is 10.7. The predicted molar refractivity (Wildman–Crippen MR) is 52.6 cm³/mol. The van der Waals surface area contributed by atoms with Crippen molar-refractivity contribution in [3.8, 4) is 0 Å². The first-order chi connectivity index (χ1) is 6.68. The maximum atomic E-state index is 11.3. The first-order valence-electron chi connectivity index (χ1n) is 4.53. The van der Waals surface area contributed by atoms with E-state index < -0.39 is 6.10 Å². The van der Waals surface area contributed by atoms with Gasteiger partial charge in [0.05, 0.1) is 12.5 Å². The van der Waals surface area contributed by atoms with Crippen LogP contribution in [0.3, 0.4) is 0 Å². The third kappa shape index (κ3) is 4.00. The van der Waals surface area contributed by atoms with Crippen LogP contribution in [-0.4, -0.2) is 28.6 Å². The molecule has 0 aliphatic rings. The molecule has 4 nitrogen and oxygen atoms in total. The highest BCUT2D eigenvalue weighted by atomic mass is 16.3. The SMILES string of the molecule is CC(O)CNC(=O)Cc1ccccn1. The zero-order valence-corrected chi connectivity index (χ0v) is 8.10. The van der Waals surface area contributed by atoms with Crippen LogP contribution in [0, 0.1) is 0 Å². The van der Waals surface area contributed by atoms with Gasteiger partial charge in [0, 0.05) is 18.4 Å². The van der Waals surface area contributed by atoms with Gasteiger partial charge in [-0.2, -0.15) is 0 Å². The second-order valence-electron chi connectivity index (χ2n) is 3.15. The van der Waals surface area contributed by atoms with Crippen molar-refractivity contribution in [2.45, 2.75) is 19.4 Å². The van der Waals surface area contributed by atoms with Crippen molar-refractivity contribution in [3.05, 3.63) is 30.1 Å². The highest BCUT2D eigenvalue weighted by Gasteiger charge is 2.04. The molecule has 4 heteroatoms. The van der Waals surface area contributed by atoms with E-state index in [1.54, 1.807) is 25.3 Å². The van der Waals surface area contributed by atoms with Crippen LogP contribution in [-0.2, 0) is 11.2 Å². The van der Waals surface area contributed by atoms with E-state index in [9.17, 15) is 4.79 Å². The van der Waals surface area contributed by atoms with Gasteiger partial charge in [0.25, 0.3) is 0 Å². The Balaban J connectivity index is 2.35. The lowest BCUT2D eigenvalue weighted by atomic mass is 10.2. The molecule has 0 saturated heterocycles. The molecular formula is C10H14N2O2. The zero-order valence-electron chi connectivity index (χ0n) is 8.10. The normalized spacial score (nSPS) is 12.1. The Hall–Kier alpha value is -1.42. The standard InChI is InChI=1S/C10H14N2O2/c1-8(13)7-12-10(14)6-9-4-2-3-5-11-9/h2-5,8,13H,6-7H2,1H3,(H,12,14). The third-order valence-electron chi connectivity index (χ3n) is 1.66. The molecule has 0 radical (unpaired) electrons. The van der Waals surface area contributed by atoms with Crippen LogP contribution in [0.5, 0.6) is 0 Å². The van der Waals surface area contributed by atoms with Gasteiger partial charge >= 0.3 is 0 Å². The van der Waals surface area contributed by atoms with Gasteiger partial charge in [0.1, 0.15) is 0 Å². The van der Waals surface area contributed by atoms with Crippen LogP contribution in [0.4, 0.5) is 0 Å². The highest BCUT2D eigenvalue weighted by Crippen LogP contribution is 1.94. The average Bonchev–Trinajstić information content (AvgIpc) is 2.16. The van der Waals surface area contributed by atoms with Crippen molar-refractivity contribution < 1.29 is 9.90 Å². The number of hydrogen-bond acceptors (Lipinski definition) is 3. The van der Waals surface area contributed by atoms with E-state index in [0.717, 1.165) is 5.69 Å². The number of pyridine rings is 1. The lowest BCUT2D eigenvalue weighted by molar-refractivity contribution is -0.120. The summed E-state index contributed by atoms with van der Waals surface area (Å²) >= 11 is 0. The third-order valence-corrected chi connectivity index (χ3v) is 1.66. The molecule has 1 unspecified atom stereocenters. The lowest BCUT2D eigenvalue weighted by Gasteiger charge is -2.06. The van der Waals surface area contributed by atoms with Crippen molar-refractivity contribution in [2.24, 2.45) is 0 Å². The molecule has 0 aliphatic heterocycles. The molecule has 1 amide bonds. The number of nitrogens with zero attached hydrogens (tertiary/aromatic N) is 1. The minimum absolute atomic E-state index is 0.121. The molecule has 1 atom stereocenters. The zero-order chi connectivity index (χ0) is 10.4. The summed E-state index contributed by atoms with van der Waals surface area (Å²) in [5.41, 5.74) is 0.732. The van der Waals surface area contributed by atoms with Crippen molar-refractivity contribution in [1.29, 1.82) is 0 Å². The van der Waals surface area contributed by atoms with Crippen molar-refractivity contribution >= 4 is 5.91 Å². The molecule has 2 N–H and O–H groups in total. The number of aliphatic hydroxyl groups excluding tert-OH is 1. The van der Waals surface area contributed by atoms with E-state index in [-0.39, 0.29) is 18.9 Å². The molecular weight excluding hydrogens is 180 g/mol. The summed E-state index contributed by atoms with van der Waals surface area (Å²) in [6.07, 6.45) is 1.40. The van der Waals surface area contributed by atoms with E-state index in [1.807, 2.05) is 6.07 Å². The molecule has 1 rings (SSSR count). The second kappa shape index (κ2) is 5.34. The topological polar surface area (TPSA) is 62.2 Å². The van der Waals surface area contributed by atoms with Gasteiger partial charge in [-0.15, -0.1) is 0 Å². The number of carbonyl (C=O) groups excluding carboxylic acids is 1. The number of carbonyl (C=O) groups is 1. The Morgan fingerprint density at radius 2 is 2.43 bits per heavy atom. The van der Waals surface area contributed by atoms with Crippen LogP contribution in [0.1, 0.15) is 12.6 Å². The van der Waals surface area contributed by atoms with Crippen LogP contribution in [0.2, 0.25) is 0 Å². The Morgan fingerprint density at radius 1 is 1.64 bits per heavy atom. The Labute approximate surface area is 83.0 Å². The summed E-state index contributed by atoms with van der Waals surface area (Å²) in [6, 6.07) is 5.43. The molecule has 0 spiro atoms. The number of aliphatic hydroxyl groups is 1. The summed E-state index contributed by atoms with van der Waals surface area (Å²) < 4.78 is 0. The lowest BCUT2D eigenvalue weighted by Crippen LogP contribution is -2.31. The monoisotopic (exact) mass is 194 g/mol. The van der Waals surface area contributed by atoms with Crippen LogP contribution < -0.4 is 5.32 Å². The molecule has 14 heavy (non-hydrogen) atoms. The fraction of sp³-hybridized carbons (Fsp3) is 0.400. The smallest absolute Gasteiger partial charge is 0.226 e. The Morgan fingerprint density at radius 3 is 3.00 bits per heavy atom. The van der Waals surface area contributed by atoms with E-state index >= 15 is 0 Å². The number of hydrogen-bond donors (Lipinski definition) is 2. The first-order valence-corrected chi connectivity index (χ1v) is 4.53. The fourth-order valence-corrected chi connectivity index (χ4v) is 0.991. The fourth-order valence-electron chi connectivity index (χ4n) is 0.991. The predicted octanol–water partition coefficient (Wildman–Crippen LogP) is 0.121. The number of rotatable bonds is 4. The van der Waals surface area contributed by atoms with Crippen LogP contribution in [0.25, 0.3) is 0 Å². The summed E-state index contributed by atoms with van der Waals surface area (Å²) in [7, 11) is 0. The molecule has 0 bridgehead atoms.